The monoisotopic (exact) mass is 707 g/mol. The summed E-state index contributed by atoms with van der Waals surface area (Å²) in [6.45, 7) is 2.10. The quantitative estimate of drug-likeness (QED) is 0.274. The lowest BCUT2D eigenvalue weighted by Gasteiger charge is -2.50. The van der Waals surface area contributed by atoms with Crippen molar-refractivity contribution in [3.05, 3.63) is 83.3 Å². The summed E-state index contributed by atoms with van der Waals surface area (Å²) in [4.78, 5) is 50.7. The number of pyridine rings is 2. The number of primary amides is 1. The van der Waals surface area contributed by atoms with E-state index in [0.717, 1.165) is 36.7 Å². The summed E-state index contributed by atoms with van der Waals surface area (Å²) in [7, 11) is 0. The standard InChI is InChI=1S/C34H35F6N5O5/c1-2-5-27-32(50-23-10-8-21(9-11-23)33(35,36)37,15-4-17-45(27)30(47)24-20-42-16-12-25(24)34(38,39)40)31(48)44-18-13-22(14-19-44)49-28-7-3-6-26(43-28)29(41)46/h3,6-12,16,20,22,27H,2,4-5,13-15,17-19H2,1H3,(H2,41,46)/t27-,32+/m1/s1. The SMILES string of the molecule is CCC[C@H]1N(C(=O)c2cnccc2C(F)(F)F)CCC[C@@]1(Oc1ccc(C(F)(F)F)cc1)C(=O)N1CCC(Oc2cccc(C(N)=O)n2)CC1. The molecule has 2 saturated heterocycles. The fourth-order valence-corrected chi connectivity index (χ4v) is 6.53. The van der Waals surface area contributed by atoms with E-state index in [4.69, 9.17) is 15.2 Å². The van der Waals surface area contributed by atoms with Crippen LogP contribution in [-0.4, -0.2) is 74.9 Å². The normalized spacial score (nSPS) is 20.3. The molecule has 2 aliphatic rings. The van der Waals surface area contributed by atoms with E-state index in [1.165, 1.54) is 15.9 Å². The van der Waals surface area contributed by atoms with Gasteiger partial charge in [0, 0.05) is 57.4 Å². The molecular formula is C34H35F6N5O5. The lowest BCUT2D eigenvalue weighted by molar-refractivity contribution is -0.161. The van der Waals surface area contributed by atoms with Crippen molar-refractivity contribution in [2.75, 3.05) is 19.6 Å². The van der Waals surface area contributed by atoms with Gasteiger partial charge in [0.1, 0.15) is 17.5 Å². The van der Waals surface area contributed by atoms with E-state index in [9.17, 15) is 40.7 Å². The Balaban J connectivity index is 1.47. The number of nitrogens with two attached hydrogens (primary N) is 1. The van der Waals surface area contributed by atoms with Gasteiger partial charge in [-0.15, -0.1) is 0 Å². The molecule has 0 aliphatic carbocycles. The molecule has 1 aromatic carbocycles. The van der Waals surface area contributed by atoms with Gasteiger partial charge in [-0.3, -0.25) is 19.4 Å². The number of nitrogens with zero attached hydrogens (tertiary/aromatic N) is 4. The molecule has 4 heterocycles. The molecule has 10 nitrogen and oxygen atoms in total. The topological polar surface area (TPSA) is 128 Å². The van der Waals surface area contributed by atoms with Crippen LogP contribution in [0.5, 0.6) is 11.6 Å². The van der Waals surface area contributed by atoms with E-state index in [0.29, 0.717) is 25.3 Å². The Morgan fingerprint density at radius 1 is 0.960 bits per heavy atom. The van der Waals surface area contributed by atoms with Crippen LogP contribution in [0.2, 0.25) is 0 Å². The Hall–Kier alpha value is -4.89. The minimum atomic E-state index is -4.86. The second-order valence-electron chi connectivity index (χ2n) is 12.2. The summed E-state index contributed by atoms with van der Waals surface area (Å²) in [5, 5.41) is 0. The van der Waals surface area contributed by atoms with Gasteiger partial charge < -0.3 is 25.0 Å². The number of likely N-dealkylation sites (tertiary alicyclic amines) is 2. The summed E-state index contributed by atoms with van der Waals surface area (Å²) in [5.74, 6) is -2.17. The molecular weight excluding hydrogens is 672 g/mol. The van der Waals surface area contributed by atoms with Gasteiger partial charge in [0.2, 0.25) is 11.5 Å². The number of rotatable bonds is 9. The van der Waals surface area contributed by atoms with Crippen LogP contribution in [0.1, 0.15) is 77.4 Å². The predicted molar refractivity (Wildman–Crippen MR) is 166 cm³/mol. The van der Waals surface area contributed by atoms with Crippen molar-refractivity contribution in [3.63, 3.8) is 0 Å². The third kappa shape index (κ3) is 7.78. The zero-order valence-electron chi connectivity index (χ0n) is 27.0. The van der Waals surface area contributed by atoms with E-state index >= 15 is 0 Å². The molecule has 2 atom stereocenters. The van der Waals surface area contributed by atoms with Crippen LogP contribution in [-0.2, 0) is 17.1 Å². The van der Waals surface area contributed by atoms with Crippen molar-refractivity contribution in [2.45, 2.75) is 75.5 Å². The number of alkyl halides is 6. The average Bonchev–Trinajstić information content (AvgIpc) is 3.08. The van der Waals surface area contributed by atoms with Crippen LogP contribution in [0, 0.1) is 0 Å². The van der Waals surface area contributed by atoms with Crippen LogP contribution in [0.4, 0.5) is 26.3 Å². The molecule has 5 rings (SSSR count). The summed E-state index contributed by atoms with van der Waals surface area (Å²) >= 11 is 0. The predicted octanol–water partition coefficient (Wildman–Crippen LogP) is 5.91. The lowest BCUT2D eigenvalue weighted by Crippen LogP contribution is -2.68. The highest BCUT2D eigenvalue weighted by atomic mass is 19.4. The Morgan fingerprint density at radius 2 is 1.66 bits per heavy atom. The minimum absolute atomic E-state index is 0.00831. The van der Waals surface area contributed by atoms with E-state index < -0.39 is 64.5 Å². The number of carbonyl (C=O) groups excluding carboxylic acids is 3. The van der Waals surface area contributed by atoms with Crippen LogP contribution in [0.3, 0.4) is 0 Å². The average molecular weight is 708 g/mol. The van der Waals surface area contributed by atoms with Gasteiger partial charge in [-0.05, 0) is 49.2 Å². The van der Waals surface area contributed by atoms with E-state index in [2.05, 4.69) is 9.97 Å². The van der Waals surface area contributed by atoms with Crippen LogP contribution >= 0.6 is 0 Å². The smallest absolute Gasteiger partial charge is 0.417 e. The second-order valence-corrected chi connectivity index (χ2v) is 12.2. The Bertz CT molecular complexity index is 1690. The number of benzene rings is 1. The first-order valence-corrected chi connectivity index (χ1v) is 16.1. The second kappa shape index (κ2) is 14.5. The fraction of sp³-hybridized carbons (Fsp3) is 0.441. The molecule has 268 valence electrons. The maximum atomic E-state index is 14.7. The van der Waals surface area contributed by atoms with Crippen molar-refractivity contribution in [1.82, 2.24) is 19.8 Å². The highest BCUT2D eigenvalue weighted by Gasteiger charge is 2.56. The van der Waals surface area contributed by atoms with E-state index in [-0.39, 0.29) is 56.2 Å². The van der Waals surface area contributed by atoms with Crippen molar-refractivity contribution in [2.24, 2.45) is 5.73 Å². The summed E-state index contributed by atoms with van der Waals surface area (Å²) in [6, 6.07) is 7.97. The third-order valence-corrected chi connectivity index (χ3v) is 8.88. The number of piperidine rings is 2. The van der Waals surface area contributed by atoms with Gasteiger partial charge in [-0.1, -0.05) is 19.4 Å². The fourth-order valence-electron chi connectivity index (χ4n) is 6.53. The molecule has 0 saturated carbocycles. The molecule has 50 heavy (non-hydrogen) atoms. The molecule has 0 radical (unpaired) electrons. The lowest BCUT2D eigenvalue weighted by atomic mass is 9.79. The number of hydrogen-bond acceptors (Lipinski definition) is 7. The highest BCUT2D eigenvalue weighted by molar-refractivity contribution is 5.97. The summed E-state index contributed by atoms with van der Waals surface area (Å²) in [5.41, 5.74) is 0.666. The maximum Gasteiger partial charge on any atom is 0.417 e. The Morgan fingerprint density at radius 3 is 2.28 bits per heavy atom. The third-order valence-electron chi connectivity index (χ3n) is 8.88. The van der Waals surface area contributed by atoms with Crippen molar-refractivity contribution in [1.29, 1.82) is 0 Å². The molecule has 0 unspecified atom stereocenters. The van der Waals surface area contributed by atoms with Gasteiger partial charge in [-0.25, -0.2) is 4.98 Å². The number of carbonyl (C=O) groups is 3. The van der Waals surface area contributed by atoms with Crippen molar-refractivity contribution >= 4 is 17.7 Å². The van der Waals surface area contributed by atoms with E-state index in [1.807, 2.05) is 0 Å². The van der Waals surface area contributed by atoms with Gasteiger partial charge in [0.25, 0.3) is 17.7 Å². The molecule has 2 fully saturated rings. The zero-order valence-corrected chi connectivity index (χ0v) is 27.0. The number of halogens is 6. The first-order valence-electron chi connectivity index (χ1n) is 16.1. The molecule has 0 bridgehead atoms. The van der Waals surface area contributed by atoms with Gasteiger partial charge in [-0.2, -0.15) is 26.3 Å². The molecule has 3 amide bonds. The van der Waals surface area contributed by atoms with Gasteiger partial charge >= 0.3 is 12.4 Å². The molecule has 16 heteroatoms. The first-order chi connectivity index (χ1) is 23.6. The van der Waals surface area contributed by atoms with Crippen molar-refractivity contribution in [3.8, 4) is 11.6 Å². The minimum Gasteiger partial charge on any atom is -0.475 e. The molecule has 2 N–H and O–H groups in total. The molecule has 0 spiro atoms. The largest absolute Gasteiger partial charge is 0.475 e. The number of hydrogen-bond donors (Lipinski definition) is 1. The zero-order chi connectivity index (χ0) is 36.3. The molecule has 2 aliphatic heterocycles. The molecule has 3 aromatic rings. The summed E-state index contributed by atoms with van der Waals surface area (Å²) < 4.78 is 94.3. The van der Waals surface area contributed by atoms with Gasteiger partial charge in [0.05, 0.1) is 22.7 Å². The van der Waals surface area contributed by atoms with E-state index in [1.54, 1.807) is 19.1 Å². The number of aromatic nitrogens is 2. The maximum absolute atomic E-state index is 14.7. The van der Waals surface area contributed by atoms with Crippen molar-refractivity contribution < 1.29 is 50.2 Å². The van der Waals surface area contributed by atoms with Crippen LogP contribution in [0.25, 0.3) is 0 Å². The molecule has 2 aromatic heterocycles. The van der Waals surface area contributed by atoms with Gasteiger partial charge in [0.15, 0.2) is 0 Å². The van der Waals surface area contributed by atoms with Crippen LogP contribution < -0.4 is 15.2 Å². The number of ether oxygens (including phenoxy) is 2. The van der Waals surface area contributed by atoms with Crippen LogP contribution in [0.15, 0.2) is 60.9 Å². The Kier molecular flexibility index (Phi) is 10.6. The number of amides is 3. The summed E-state index contributed by atoms with van der Waals surface area (Å²) in [6.07, 6.45) is -6.74. The Labute approximate surface area is 283 Å². The highest BCUT2D eigenvalue weighted by Crippen LogP contribution is 2.41. The first kappa shape index (κ1) is 36.4.